The minimum atomic E-state index is 0.402. The molecule has 0 radical (unpaired) electrons. The van der Waals surface area contributed by atoms with Crippen LogP contribution in [0.2, 0.25) is 5.02 Å². The summed E-state index contributed by atoms with van der Waals surface area (Å²) in [5.74, 6) is 1.43. The van der Waals surface area contributed by atoms with Gasteiger partial charge in [-0.3, -0.25) is 0 Å². The van der Waals surface area contributed by atoms with Crippen molar-refractivity contribution in [1.82, 2.24) is 0 Å². The first-order valence-corrected chi connectivity index (χ1v) is 10.3. The van der Waals surface area contributed by atoms with E-state index < -0.39 is 0 Å². The monoisotopic (exact) mass is 360 g/mol. The molecule has 0 aromatic heterocycles. The summed E-state index contributed by atoms with van der Waals surface area (Å²) < 4.78 is 0. The Morgan fingerprint density at radius 3 is 2.54 bits per heavy atom. The highest BCUT2D eigenvalue weighted by atomic mass is 35.5. The quantitative estimate of drug-likeness (QED) is 0.454. The van der Waals surface area contributed by atoms with Gasteiger partial charge in [-0.1, -0.05) is 73.1 Å². The Labute approximate surface area is 161 Å². The van der Waals surface area contributed by atoms with E-state index in [0.717, 1.165) is 10.9 Å². The van der Waals surface area contributed by atoms with Gasteiger partial charge in [-0.2, -0.15) is 0 Å². The Morgan fingerprint density at radius 2 is 1.73 bits per heavy atom. The van der Waals surface area contributed by atoms with Gasteiger partial charge in [0, 0.05) is 10.4 Å². The molecule has 0 bridgehead atoms. The molecule has 5 rings (SSSR count). The minimum absolute atomic E-state index is 0.402. The topological polar surface area (TPSA) is 0 Å². The molecule has 2 aliphatic carbocycles. The van der Waals surface area contributed by atoms with E-state index in [1.165, 1.54) is 48.4 Å². The van der Waals surface area contributed by atoms with Gasteiger partial charge in [-0.15, -0.1) is 0 Å². The summed E-state index contributed by atoms with van der Waals surface area (Å²) in [7, 11) is 0. The van der Waals surface area contributed by atoms with Gasteiger partial charge in [0.1, 0.15) is 0 Å². The third-order valence-electron chi connectivity index (χ3n) is 6.92. The molecular formula is C25H25Cl. The molecule has 0 spiro atoms. The van der Waals surface area contributed by atoms with Crippen molar-refractivity contribution in [3.63, 3.8) is 0 Å². The maximum Gasteiger partial charge on any atom is 0.0487 e. The molecule has 2 aliphatic rings. The smallest absolute Gasteiger partial charge is 0.0487 e. The SMILES string of the molecule is C[C@H]1C[C@@H]2c3cc(Cl)c4ccccc4c3CC[C@@]2(Cc2ccccc2)C1. The number of fused-ring (bicyclic) bond motifs is 5. The Morgan fingerprint density at radius 1 is 1.00 bits per heavy atom. The fourth-order valence-electron chi connectivity index (χ4n) is 5.97. The van der Waals surface area contributed by atoms with Crippen molar-refractivity contribution < 1.29 is 0 Å². The summed E-state index contributed by atoms with van der Waals surface area (Å²) in [5.41, 5.74) is 4.99. The third kappa shape index (κ3) is 2.50. The highest BCUT2D eigenvalue weighted by molar-refractivity contribution is 6.35. The fraction of sp³-hybridized carbons (Fsp3) is 0.360. The molecule has 1 heteroatoms. The van der Waals surface area contributed by atoms with Crippen LogP contribution in [0.3, 0.4) is 0 Å². The predicted molar refractivity (Wildman–Crippen MR) is 111 cm³/mol. The van der Waals surface area contributed by atoms with Gasteiger partial charge in [-0.05, 0) is 77.5 Å². The van der Waals surface area contributed by atoms with E-state index in [4.69, 9.17) is 11.6 Å². The Hall–Kier alpha value is -1.79. The van der Waals surface area contributed by atoms with Crippen molar-refractivity contribution in [3.8, 4) is 0 Å². The normalized spacial score (nSPS) is 27.3. The van der Waals surface area contributed by atoms with E-state index in [0.29, 0.717) is 11.3 Å². The van der Waals surface area contributed by atoms with Gasteiger partial charge < -0.3 is 0 Å². The average Bonchev–Trinajstić information content (AvgIpc) is 2.99. The summed E-state index contributed by atoms with van der Waals surface area (Å²) in [5, 5.41) is 3.52. The standard InChI is InChI=1S/C25H25Cl/c1-17-13-23-22-14-24(26)21-10-6-5-9-19(21)20(22)11-12-25(23,15-17)16-18-7-3-2-4-8-18/h2-10,14,17,23H,11-13,15-16H2,1H3/t17-,23+,25-/m0/s1. The Kier molecular flexibility index (Phi) is 3.87. The lowest BCUT2D eigenvalue weighted by molar-refractivity contribution is 0.214. The second-order valence-corrected chi connectivity index (χ2v) is 9.00. The number of hydrogen-bond donors (Lipinski definition) is 0. The van der Waals surface area contributed by atoms with Crippen LogP contribution >= 0.6 is 11.6 Å². The zero-order chi connectivity index (χ0) is 17.7. The molecule has 0 N–H and O–H groups in total. The first-order chi connectivity index (χ1) is 12.7. The maximum atomic E-state index is 6.73. The van der Waals surface area contributed by atoms with Crippen LogP contribution in [0.1, 0.15) is 48.8 Å². The number of rotatable bonds is 2. The summed E-state index contributed by atoms with van der Waals surface area (Å²) in [6.45, 7) is 2.44. The van der Waals surface area contributed by atoms with Crippen molar-refractivity contribution in [1.29, 1.82) is 0 Å². The van der Waals surface area contributed by atoms with Crippen LogP contribution in [-0.2, 0) is 12.8 Å². The molecule has 3 aromatic carbocycles. The molecule has 0 nitrogen and oxygen atoms in total. The van der Waals surface area contributed by atoms with Crippen LogP contribution in [0.15, 0.2) is 60.7 Å². The molecule has 1 saturated carbocycles. The molecule has 3 atom stereocenters. The van der Waals surface area contributed by atoms with Crippen molar-refractivity contribution in [3.05, 3.63) is 82.4 Å². The van der Waals surface area contributed by atoms with Crippen LogP contribution in [0, 0.1) is 11.3 Å². The second-order valence-electron chi connectivity index (χ2n) is 8.59. The highest BCUT2D eigenvalue weighted by Crippen LogP contribution is 2.60. The molecular weight excluding hydrogens is 336 g/mol. The van der Waals surface area contributed by atoms with E-state index in [1.54, 1.807) is 11.1 Å². The summed E-state index contributed by atoms with van der Waals surface area (Å²) >= 11 is 6.73. The van der Waals surface area contributed by atoms with Crippen molar-refractivity contribution in [2.75, 3.05) is 0 Å². The van der Waals surface area contributed by atoms with Crippen LogP contribution in [0.4, 0.5) is 0 Å². The fourth-order valence-corrected chi connectivity index (χ4v) is 6.25. The summed E-state index contributed by atoms with van der Waals surface area (Å²) in [4.78, 5) is 0. The van der Waals surface area contributed by atoms with Crippen LogP contribution in [0.5, 0.6) is 0 Å². The molecule has 132 valence electrons. The molecule has 1 fully saturated rings. The molecule has 26 heavy (non-hydrogen) atoms. The van der Waals surface area contributed by atoms with E-state index in [2.05, 4.69) is 67.6 Å². The molecule has 3 aromatic rings. The predicted octanol–water partition coefficient (Wildman–Crippen LogP) is 7.18. The van der Waals surface area contributed by atoms with Gasteiger partial charge in [0.2, 0.25) is 0 Å². The summed E-state index contributed by atoms with van der Waals surface area (Å²) in [6, 6.07) is 22.1. The van der Waals surface area contributed by atoms with Gasteiger partial charge in [0.05, 0.1) is 0 Å². The molecule has 0 amide bonds. The number of halogens is 1. The number of benzene rings is 3. The van der Waals surface area contributed by atoms with Crippen molar-refractivity contribution >= 4 is 22.4 Å². The van der Waals surface area contributed by atoms with Gasteiger partial charge in [-0.25, -0.2) is 0 Å². The van der Waals surface area contributed by atoms with E-state index in [1.807, 2.05) is 0 Å². The van der Waals surface area contributed by atoms with E-state index in [9.17, 15) is 0 Å². The first kappa shape index (κ1) is 16.4. The van der Waals surface area contributed by atoms with E-state index >= 15 is 0 Å². The highest BCUT2D eigenvalue weighted by Gasteiger charge is 2.49. The molecule has 0 aliphatic heterocycles. The lowest BCUT2D eigenvalue weighted by Crippen LogP contribution is -2.32. The zero-order valence-corrected chi connectivity index (χ0v) is 16.1. The Bertz CT molecular complexity index is 959. The zero-order valence-electron chi connectivity index (χ0n) is 15.3. The van der Waals surface area contributed by atoms with Gasteiger partial charge >= 0.3 is 0 Å². The minimum Gasteiger partial charge on any atom is -0.0837 e. The van der Waals surface area contributed by atoms with Crippen LogP contribution in [-0.4, -0.2) is 0 Å². The third-order valence-corrected chi connectivity index (χ3v) is 7.23. The molecule has 0 saturated heterocycles. The lowest BCUT2D eigenvalue weighted by atomic mass is 9.62. The second kappa shape index (κ2) is 6.13. The first-order valence-electron chi connectivity index (χ1n) is 9.90. The van der Waals surface area contributed by atoms with Gasteiger partial charge in [0.15, 0.2) is 0 Å². The number of aryl methyl sites for hydroxylation is 1. The maximum absolute atomic E-state index is 6.73. The van der Waals surface area contributed by atoms with Crippen molar-refractivity contribution in [2.45, 2.75) is 44.9 Å². The Balaban J connectivity index is 1.65. The van der Waals surface area contributed by atoms with Crippen LogP contribution < -0.4 is 0 Å². The van der Waals surface area contributed by atoms with Gasteiger partial charge in [0.25, 0.3) is 0 Å². The van der Waals surface area contributed by atoms with Crippen molar-refractivity contribution in [2.24, 2.45) is 11.3 Å². The average molecular weight is 361 g/mol. The largest absolute Gasteiger partial charge is 0.0837 e. The molecule has 0 heterocycles. The van der Waals surface area contributed by atoms with E-state index in [-0.39, 0.29) is 0 Å². The molecule has 0 unspecified atom stereocenters. The van der Waals surface area contributed by atoms with Crippen LogP contribution in [0.25, 0.3) is 10.8 Å². The number of hydrogen-bond acceptors (Lipinski definition) is 0. The lowest BCUT2D eigenvalue weighted by Gasteiger charge is -2.42. The summed E-state index contributed by atoms with van der Waals surface area (Å²) in [6.07, 6.45) is 6.33.